The van der Waals surface area contributed by atoms with Crippen molar-refractivity contribution in [2.24, 2.45) is 11.7 Å². The predicted molar refractivity (Wildman–Crippen MR) is 44.4 cm³/mol. The molecule has 2 heteroatoms. The minimum atomic E-state index is 0.0472. The van der Waals surface area contributed by atoms with Gasteiger partial charge in [0.2, 0.25) is 0 Å². The average molecular weight is 148 g/mol. The minimum Gasteiger partial charge on any atom is -0.399 e. The van der Waals surface area contributed by atoms with E-state index in [4.69, 9.17) is 11.0 Å². The van der Waals surface area contributed by atoms with Crippen LogP contribution in [-0.2, 0) is 0 Å². The molecule has 0 spiro atoms. The molecule has 0 saturated carbocycles. The van der Waals surface area contributed by atoms with E-state index in [1.165, 1.54) is 5.57 Å². The summed E-state index contributed by atoms with van der Waals surface area (Å²) in [6.07, 6.45) is 5.57. The van der Waals surface area contributed by atoms with Crippen LogP contribution >= 0.6 is 0 Å². The Bertz CT molecular complexity index is 243. The lowest BCUT2D eigenvalue weighted by atomic mass is 10.0. The van der Waals surface area contributed by atoms with Crippen LogP contribution in [0, 0.1) is 17.2 Å². The monoisotopic (exact) mass is 148 g/mol. The van der Waals surface area contributed by atoms with Crippen LogP contribution in [0.3, 0.4) is 0 Å². The van der Waals surface area contributed by atoms with Gasteiger partial charge in [-0.05, 0) is 25.8 Å². The highest BCUT2D eigenvalue weighted by atomic mass is 14.6. The summed E-state index contributed by atoms with van der Waals surface area (Å²) in [5.41, 5.74) is 7.69. The van der Waals surface area contributed by atoms with Gasteiger partial charge in [0.25, 0.3) is 0 Å². The fourth-order valence-corrected chi connectivity index (χ4v) is 1.08. The summed E-state index contributed by atoms with van der Waals surface area (Å²) in [5.74, 6) is 0.0472. The molecule has 1 aliphatic carbocycles. The number of nitrogens with two attached hydrogens (primary N) is 1. The molecule has 11 heavy (non-hydrogen) atoms. The van der Waals surface area contributed by atoms with Gasteiger partial charge in [0.1, 0.15) is 0 Å². The van der Waals surface area contributed by atoms with Gasteiger partial charge in [-0.15, -0.1) is 0 Å². The Morgan fingerprint density at radius 1 is 1.73 bits per heavy atom. The molecule has 0 aliphatic heterocycles. The molecule has 0 radical (unpaired) electrons. The zero-order chi connectivity index (χ0) is 8.27. The Kier molecular flexibility index (Phi) is 2.32. The third-order valence-electron chi connectivity index (χ3n) is 2.00. The Labute approximate surface area is 67.0 Å². The van der Waals surface area contributed by atoms with Crippen LogP contribution in [0.25, 0.3) is 0 Å². The van der Waals surface area contributed by atoms with Crippen molar-refractivity contribution in [3.63, 3.8) is 0 Å². The van der Waals surface area contributed by atoms with E-state index in [2.05, 4.69) is 6.07 Å². The SMILES string of the molecule is CC1=C(N)C=CC(C#N)CC1. The van der Waals surface area contributed by atoms with Gasteiger partial charge < -0.3 is 5.73 Å². The number of nitriles is 1. The quantitative estimate of drug-likeness (QED) is 0.568. The van der Waals surface area contributed by atoms with E-state index >= 15 is 0 Å². The van der Waals surface area contributed by atoms with Crippen molar-refractivity contribution in [1.29, 1.82) is 5.26 Å². The second kappa shape index (κ2) is 3.25. The zero-order valence-corrected chi connectivity index (χ0v) is 6.67. The van der Waals surface area contributed by atoms with E-state index in [-0.39, 0.29) is 5.92 Å². The molecule has 0 saturated heterocycles. The maximum Gasteiger partial charge on any atom is 0.0697 e. The van der Waals surface area contributed by atoms with E-state index in [0.717, 1.165) is 18.5 Å². The molecule has 1 atom stereocenters. The molecule has 0 aromatic heterocycles. The Hall–Kier alpha value is -1.23. The highest BCUT2D eigenvalue weighted by molar-refractivity contribution is 5.25. The molecule has 58 valence electrons. The standard InChI is InChI=1S/C9H12N2/c1-7-2-3-8(6-10)4-5-9(7)11/h4-5,8H,2-3,11H2,1H3. The maximum atomic E-state index is 8.63. The van der Waals surface area contributed by atoms with E-state index in [1.807, 2.05) is 19.1 Å². The van der Waals surface area contributed by atoms with Gasteiger partial charge in [0, 0.05) is 5.70 Å². The van der Waals surface area contributed by atoms with Gasteiger partial charge in [-0.2, -0.15) is 5.26 Å². The molecular weight excluding hydrogens is 136 g/mol. The molecule has 0 fully saturated rings. The van der Waals surface area contributed by atoms with Crippen LogP contribution in [0.2, 0.25) is 0 Å². The molecule has 1 unspecified atom stereocenters. The van der Waals surface area contributed by atoms with Crippen LogP contribution < -0.4 is 5.73 Å². The molecule has 1 aliphatic rings. The molecule has 2 N–H and O–H groups in total. The smallest absolute Gasteiger partial charge is 0.0697 e. The van der Waals surface area contributed by atoms with E-state index in [0.29, 0.717) is 0 Å². The normalized spacial score (nSPS) is 24.5. The number of hydrogen-bond acceptors (Lipinski definition) is 2. The first kappa shape index (κ1) is 7.87. The molecule has 0 bridgehead atoms. The van der Waals surface area contributed by atoms with Crippen LogP contribution in [0.5, 0.6) is 0 Å². The van der Waals surface area contributed by atoms with E-state index < -0.39 is 0 Å². The van der Waals surface area contributed by atoms with Crippen LogP contribution in [0.15, 0.2) is 23.4 Å². The van der Waals surface area contributed by atoms with Crippen molar-refractivity contribution < 1.29 is 0 Å². The highest BCUT2D eigenvalue weighted by Gasteiger charge is 2.07. The predicted octanol–water partition coefficient (Wildman–Crippen LogP) is 1.71. The summed E-state index contributed by atoms with van der Waals surface area (Å²) in [5, 5.41) is 8.63. The van der Waals surface area contributed by atoms with E-state index in [9.17, 15) is 0 Å². The lowest BCUT2D eigenvalue weighted by molar-refractivity contribution is 0.720. The first-order valence-corrected chi connectivity index (χ1v) is 3.77. The van der Waals surface area contributed by atoms with E-state index in [1.54, 1.807) is 0 Å². The molecular formula is C9H12N2. The molecule has 0 aromatic rings. The lowest BCUT2D eigenvalue weighted by Crippen LogP contribution is -1.95. The third kappa shape index (κ3) is 1.84. The van der Waals surface area contributed by atoms with Gasteiger partial charge in [0.05, 0.1) is 12.0 Å². The molecule has 0 amide bonds. The fraction of sp³-hybridized carbons (Fsp3) is 0.444. The van der Waals surface area contributed by atoms with Gasteiger partial charge in [-0.3, -0.25) is 0 Å². The summed E-state index contributed by atoms with van der Waals surface area (Å²) < 4.78 is 0. The minimum absolute atomic E-state index is 0.0472. The first-order valence-electron chi connectivity index (χ1n) is 3.77. The fourth-order valence-electron chi connectivity index (χ4n) is 1.08. The zero-order valence-electron chi connectivity index (χ0n) is 6.67. The van der Waals surface area contributed by atoms with Crippen molar-refractivity contribution in [1.82, 2.24) is 0 Å². The Morgan fingerprint density at radius 2 is 2.45 bits per heavy atom. The second-order valence-corrected chi connectivity index (χ2v) is 2.87. The van der Waals surface area contributed by atoms with Crippen molar-refractivity contribution in [2.45, 2.75) is 19.8 Å². The summed E-state index contributed by atoms with van der Waals surface area (Å²) in [6.45, 7) is 2.01. The molecule has 2 nitrogen and oxygen atoms in total. The van der Waals surface area contributed by atoms with Crippen LogP contribution in [-0.4, -0.2) is 0 Å². The molecule has 0 heterocycles. The van der Waals surface area contributed by atoms with Crippen LogP contribution in [0.4, 0.5) is 0 Å². The Morgan fingerprint density at radius 3 is 3.09 bits per heavy atom. The first-order chi connectivity index (χ1) is 5.24. The van der Waals surface area contributed by atoms with Gasteiger partial charge in [-0.25, -0.2) is 0 Å². The number of allylic oxidation sites excluding steroid dienone is 3. The second-order valence-electron chi connectivity index (χ2n) is 2.87. The van der Waals surface area contributed by atoms with Crippen molar-refractivity contribution in [3.8, 4) is 6.07 Å². The largest absolute Gasteiger partial charge is 0.399 e. The summed E-state index contributed by atoms with van der Waals surface area (Å²) in [6, 6.07) is 2.22. The summed E-state index contributed by atoms with van der Waals surface area (Å²) in [4.78, 5) is 0. The highest BCUT2D eigenvalue weighted by Crippen LogP contribution is 2.18. The van der Waals surface area contributed by atoms with Gasteiger partial charge in [-0.1, -0.05) is 11.6 Å². The van der Waals surface area contributed by atoms with Crippen molar-refractivity contribution in [2.75, 3.05) is 0 Å². The Balaban J connectivity index is 2.75. The topological polar surface area (TPSA) is 49.8 Å². The lowest BCUT2D eigenvalue weighted by Gasteiger charge is -2.00. The van der Waals surface area contributed by atoms with Gasteiger partial charge in [0.15, 0.2) is 0 Å². The third-order valence-corrected chi connectivity index (χ3v) is 2.00. The summed E-state index contributed by atoms with van der Waals surface area (Å²) in [7, 11) is 0. The average Bonchev–Trinajstić information content (AvgIpc) is 2.16. The van der Waals surface area contributed by atoms with Crippen molar-refractivity contribution >= 4 is 0 Å². The molecule has 0 aromatic carbocycles. The number of nitrogens with zero attached hydrogens (tertiary/aromatic N) is 1. The van der Waals surface area contributed by atoms with Crippen LogP contribution in [0.1, 0.15) is 19.8 Å². The number of rotatable bonds is 0. The summed E-state index contributed by atoms with van der Waals surface area (Å²) >= 11 is 0. The maximum absolute atomic E-state index is 8.63. The number of hydrogen-bond donors (Lipinski definition) is 1. The van der Waals surface area contributed by atoms with Crippen molar-refractivity contribution in [3.05, 3.63) is 23.4 Å². The van der Waals surface area contributed by atoms with Gasteiger partial charge >= 0.3 is 0 Å². The molecule has 1 rings (SSSR count).